The van der Waals surface area contributed by atoms with Crippen molar-refractivity contribution in [3.8, 4) is 0 Å². The number of thioether (sulfide) groups is 1. The molecule has 1 saturated heterocycles. The van der Waals surface area contributed by atoms with Crippen LogP contribution >= 0.6 is 11.8 Å². The summed E-state index contributed by atoms with van der Waals surface area (Å²) in [5.74, 6) is 0.0431. The zero-order valence-corrected chi connectivity index (χ0v) is 13.0. The topological polar surface area (TPSA) is 49.4 Å². The van der Waals surface area contributed by atoms with Crippen molar-refractivity contribution >= 4 is 23.6 Å². The molecule has 3 rings (SSSR count). The maximum atomic E-state index is 12.4. The van der Waals surface area contributed by atoms with Gasteiger partial charge < -0.3 is 10.2 Å². The summed E-state index contributed by atoms with van der Waals surface area (Å²) < 4.78 is 0. The van der Waals surface area contributed by atoms with Crippen LogP contribution in [0.4, 0.5) is 0 Å². The molecule has 0 radical (unpaired) electrons. The van der Waals surface area contributed by atoms with Crippen LogP contribution in [0.2, 0.25) is 0 Å². The lowest BCUT2D eigenvalue weighted by atomic mass is 10.1. The molecule has 5 heteroatoms. The molecule has 1 N–H and O–H groups in total. The van der Waals surface area contributed by atoms with Crippen LogP contribution < -0.4 is 5.32 Å². The monoisotopic (exact) mass is 304 g/mol. The second kappa shape index (κ2) is 6.10. The molecule has 0 bridgehead atoms. The molecule has 0 saturated carbocycles. The van der Waals surface area contributed by atoms with Gasteiger partial charge >= 0.3 is 0 Å². The normalized spacial score (nSPS) is 24.9. The Morgan fingerprint density at radius 3 is 2.90 bits per heavy atom. The molecule has 2 aliphatic rings. The van der Waals surface area contributed by atoms with Gasteiger partial charge in [0.25, 0.3) is 0 Å². The van der Waals surface area contributed by atoms with E-state index >= 15 is 0 Å². The van der Waals surface area contributed by atoms with Crippen molar-refractivity contribution in [2.75, 3.05) is 13.1 Å². The molecule has 0 aliphatic carbocycles. The fourth-order valence-corrected chi connectivity index (χ4v) is 4.35. The Morgan fingerprint density at radius 1 is 1.33 bits per heavy atom. The van der Waals surface area contributed by atoms with Gasteiger partial charge in [-0.2, -0.15) is 0 Å². The largest absolute Gasteiger partial charge is 0.343 e. The lowest BCUT2D eigenvalue weighted by Crippen LogP contribution is -2.58. The zero-order chi connectivity index (χ0) is 14.8. The SMILES string of the molecule is CCCC1NC(=O)CN(CC2Cc3ccccc3S2)C1=O. The van der Waals surface area contributed by atoms with Crippen molar-refractivity contribution in [1.82, 2.24) is 10.2 Å². The minimum Gasteiger partial charge on any atom is -0.343 e. The van der Waals surface area contributed by atoms with Crippen LogP contribution in [0.5, 0.6) is 0 Å². The highest BCUT2D eigenvalue weighted by Gasteiger charge is 2.34. The Morgan fingerprint density at radius 2 is 2.14 bits per heavy atom. The first kappa shape index (κ1) is 14.4. The van der Waals surface area contributed by atoms with Crippen molar-refractivity contribution < 1.29 is 9.59 Å². The lowest BCUT2D eigenvalue weighted by Gasteiger charge is -2.33. The smallest absolute Gasteiger partial charge is 0.245 e. The van der Waals surface area contributed by atoms with E-state index in [9.17, 15) is 9.59 Å². The van der Waals surface area contributed by atoms with Crippen molar-refractivity contribution in [2.45, 2.75) is 42.4 Å². The van der Waals surface area contributed by atoms with Crippen LogP contribution in [0.3, 0.4) is 0 Å². The molecule has 2 heterocycles. The number of hydrogen-bond acceptors (Lipinski definition) is 3. The molecule has 1 aromatic rings. The molecule has 112 valence electrons. The molecule has 1 aromatic carbocycles. The first-order chi connectivity index (χ1) is 10.2. The van der Waals surface area contributed by atoms with Crippen LogP contribution in [-0.4, -0.2) is 41.1 Å². The minimum atomic E-state index is -0.329. The molecule has 21 heavy (non-hydrogen) atoms. The predicted molar refractivity (Wildman–Crippen MR) is 83.2 cm³/mol. The third-order valence-electron chi connectivity index (χ3n) is 3.99. The number of hydrogen-bond donors (Lipinski definition) is 1. The summed E-state index contributed by atoms with van der Waals surface area (Å²) in [6, 6.07) is 8.05. The van der Waals surface area contributed by atoms with E-state index < -0.39 is 0 Å². The van der Waals surface area contributed by atoms with E-state index in [1.54, 1.807) is 4.90 Å². The summed E-state index contributed by atoms with van der Waals surface area (Å²) in [6.07, 6.45) is 2.60. The van der Waals surface area contributed by atoms with Crippen molar-refractivity contribution in [3.05, 3.63) is 29.8 Å². The van der Waals surface area contributed by atoms with Gasteiger partial charge in [-0.25, -0.2) is 0 Å². The number of carbonyl (C=O) groups is 2. The summed E-state index contributed by atoms with van der Waals surface area (Å²) in [5.41, 5.74) is 1.35. The van der Waals surface area contributed by atoms with Gasteiger partial charge in [0, 0.05) is 16.7 Å². The average Bonchev–Trinajstić information content (AvgIpc) is 2.86. The number of carbonyl (C=O) groups excluding carboxylic acids is 2. The summed E-state index contributed by atoms with van der Waals surface area (Å²) in [7, 11) is 0. The summed E-state index contributed by atoms with van der Waals surface area (Å²) >= 11 is 1.82. The number of rotatable bonds is 4. The Bertz CT molecular complexity index is 536. The molecular weight excluding hydrogens is 284 g/mol. The molecule has 2 amide bonds. The second-order valence-corrected chi connectivity index (χ2v) is 7.02. The number of nitrogens with one attached hydrogen (secondary N) is 1. The first-order valence-electron chi connectivity index (χ1n) is 7.50. The van der Waals surface area contributed by atoms with E-state index in [4.69, 9.17) is 0 Å². The molecule has 0 aromatic heterocycles. The van der Waals surface area contributed by atoms with E-state index in [-0.39, 0.29) is 24.4 Å². The highest BCUT2D eigenvalue weighted by atomic mass is 32.2. The molecular formula is C16H20N2O2S. The summed E-state index contributed by atoms with van der Waals surface area (Å²) in [5, 5.41) is 3.16. The van der Waals surface area contributed by atoms with Crippen LogP contribution in [0.15, 0.2) is 29.2 Å². The van der Waals surface area contributed by atoms with Gasteiger partial charge in [0.05, 0.1) is 6.54 Å². The Labute approximate surface area is 129 Å². The Hall–Kier alpha value is -1.49. The third kappa shape index (κ3) is 3.07. The van der Waals surface area contributed by atoms with Gasteiger partial charge in [0.15, 0.2) is 0 Å². The van der Waals surface area contributed by atoms with E-state index in [1.165, 1.54) is 10.5 Å². The van der Waals surface area contributed by atoms with Gasteiger partial charge in [-0.1, -0.05) is 31.5 Å². The molecule has 1 fully saturated rings. The second-order valence-electron chi connectivity index (χ2n) is 5.68. The van der Waals surface area contributed by atoms with E-state index in [2.05, 4.69) is 23.5 Å². The number of amides is 2. The van der Waals surface area contributed by atoms with E-state index in [0.717, 1.165) is 19.3 Å². The highest BCUT2D eigenvalue weighted by Crippen LogP contribution is 2.37. The third-order valence-corrected chi connectivity index (χ3v) is 5.30. The highest BCUT2D eigenvalue weighted by molar-refractivity contribution is 8.00. The van der Waals surface area contributed by atoms with Crippen LogP contribution in [0, 0.1) is 0 Å². The number of nitrogens with zero attached hydrogens (tertiary/aromatic N) is 1. The Balaban J connectivity index is 1.65. The fraction of sp³-hybridized carbons (Fsp3) is 0.500. The maximum absolute atomic E-state index is 12.4. The number of benzene rings is 1. The van der Waals surface area contributed by atoms with E-state index in [0.29, 0.717) is 11.8 Å². The maximum Gasteiger partial charge on any atom is 0.245 e. The predicted octanol–water partition coefficient (Wildman–Crippen LogP) is 1.83. The van der Waals surface area contributed by atoms with Gasteiger partial charge in [-0.3, -0.25) is 9.59 Å². The zero-order valence-electron chi connectivity index (χ0n) is 12.2. The number of piperazine rings is 1. The van der Waals surface area contributed by atoms with Crippen LogP contribution in [0.1, 0.15) is 25.3 Å². The van der Waals surface area contributed by atoms with Crippen LogP contribution in [-0.2, 0) is 16.0 Å². The lowest BCUT2D eigenvalue weighted by molar-refractivity contribution is -0.144. The molecule has 2 aliphatic heterocycles. The quantitative estimate of drug-likeness (QED) is 0.923. The summed E-state index contributed by atoms with van der Waals surface area (Å²) in [4.78, 5) is 27.3. The standard InChI is InChI=1S/C16H20N2O2S/c1-2-5-13-16(20)18(10-15(19)17-13)9-12-8-11-6-3-4-7-14(11)21-12/h3-4,6-7,12-13H,2,5,8-10H2,1H3,(H,17,19). The number of fused-ring (bicyclic) bond motifs is 1. The van der Waals surface area contributed by atoms with Crippen molar-refractivity contribution in [2.24, 2.45) is 0 Å². The molecule has 4 nitrogen and oxygen atoms in total. The minimum absolute atomic E-state index is 0.0337. The van der Waals surface area contributed by atoms with Gasteiger partial charge in [-0.15, -0.1) is 11.8 Å². The van der Waals surface area contributed by atoms with E-state index in [1.807, 2.05) is 24.8 Å². The molecule has 2 unspecified atom stereocenters. The van der Waals surface area contributed by atoms with Gasteiger partial charge in [0.1, 0.15) is 6.04 Å². The van der Waals surface area contributed by atoms with Crippen molar-refractivity contribution in [3.63, 3.8) is 0 Å². The van der Waals surface area contributed by atoms with Gasteiger partial charge in [0.2, 0.25) is 11.8 Å². The van der Waals surface area contributed by atoms with Crippen molar-refractivity contribution in [1.29, 1.82) is 0 Å². The first-order valence-corrected chi connectivity index (χ1v) is 8.38. The van der Waals surface area contributed by atoms with Crippen LogP contribution in [0.25, 0.3) is 0 Å². The average molecular weight is 304 g/mol. The fourth-order valence-electron chi connectivity index (χ4n) is 3.01. The Kier molecular flexibility index (Phi) is 4.19. The molecule has 2 atom stereocenters. The molecule has 0 spiro atoms. The van der Waals surface area contributed by atoms with Gasteiger partial charge in [-0.05, 0) is 24.5 Å². The summed E-state index contributed by atoms with van der Waals surface area (Å²) in [6.45, 7) is 2.89.